The van der Waals surface area contributed by atoms with Crippen molar-refractivity contribution in [2.24, 2.45) is 5.92 Å². The Hall–Kier alpha value is -0.120. The summed E-state index contributed by atoms with van der Waals surface area (Å²) in [7, 11) is 4.31. The third-order valence-corrected chi connectivity index (χ3v) is 3.72. The molecular weight excluding hydrogens is 210 g/mol. The van der Waals surface area contributed by atoms with E-state index in [4.69, 9.17) is 0 Å². The van der Waals surface area contributed by atoms with Crippen LogP contribution in [-0.4, -0.2) is 62.2 Å². The number of unbranched alkanes of at least 4 members (excludes halogenated alkanes) is 1. The smallest absolute Gasteiger partial charge is 0.0244 e. The summed E-state index contributed by atoms with van der Waals surface area (Å²) in [6, 6.07) is 1.38. The average Bonchev–Trinajstić information content (AvgIpc) is 2.23. The van der Waals surface area contributed by atoms with Gasteiger partial charge < -0.3 is 10.2 Å². The van der Waals surface area contributed by atoms with Crippen molar-refractivity contribution >= 4 is 0 Å². The van der Waals surface area contributed by atoms with Gasteiger partial charge in [0, 0.05) is 25.2 Å². The highest BCUT2D eigenvalue weighted by Gasteiger charge is 2.27. The van der Waals surface area contributed by atoms with Gasteiger partial charge in [-0.3, -0.25) is 4.90 Å². The number of rotatable bonds is 6. The lowest BCUT2D eigenvalue weighted by Crippen LogP contribution is -2.57. The molecule has 0 bridgehead atoms. The molecule has 3 nitrogen and oxygen atoms in total. The van der Waals surface area contributed by atoms with Crippen molar-refractivity contribution in [2.75, 3.05) is 40.3 Å². The van der Waals surface area contributed by atoms with Gasteiger partial charge in [-0.2, -0.15) is 0 Å². The van der Waals surface area contributed by atoms with Gasteiger partial charge in [0.2, 0.25) is 0 Å². The van der Waals surface area contributed by atoms with Gasteiger partial charge in [0.15, 0.2) is 0 Å². The zero-order valence-electron chi connectivity index (χ0n) is 12.4. The van der Waals surface area contributed by atoms with Crippen LogP contribution in [0, 0.1) is 5.92 Å². The summed E-state index contributed by atoms with van der Waals surface area (Å²) < 4.78 is 0. The molecule has 0 spiro atoms. The Labute approximate surface area is 108 Å². The Bertz CT molecular complexity index is 204. The number of hydrogen-bond acceptors (Lipinski definition) is 3. The first-order valence-electron chi connectivity index (χ1n) is 7.13. The van der Waals surface area contributed by atoms with Crippen LogP contribution in [0.1, 0.15) is 33.6 Å². The minimum absolute atomic E-state index is 0.652. The van der Waals surface area contributed by atoms with E-state index < -0.39 is 0 Å². The molecule has 0 aliphatic carbocycles. The molecule has 3 heteroatoms. The van der Waals surface area contributed by atoms with Gasteiger partial charge in [-0.1, -0.05) is 13.8 Å². The van der Waals surface area contributed by atoms with Gasteiger partial charge in [0.1, 0.15) is 0 Å². The number of nitrogens with zero attached hydrogens (tertiary/aromatic N) is 2. The number of nitrogens with one attached hydrogen (secondary N) is 1. The van der Waals surface area contributed by atoms with Crippen LogP contribution in [0.5, 0.6) is 0 Å². The molecule has 1 rings (SSSR count). The maximum absolute atomic E-state index is 3.60. The van der Waals surface area contributed by atoms with Crippen LogP contribution in [0.25, 0.3) is 0 Å². The van der Waals surface area contributed by atoms with Crippen molar-refractivity contribution in [1.29, 1.82) is 0 Å². The second-order valence-corrected chi connectivity index (χ2v) is 6.13. The molecule has 1 N–H and O–H groups in total. The maximum Gasteiger partial charge on any atom is 0.0244 e. The van der Waals surface area contributed by atoms with Crippen molar-refractivity contribution in [2.45, 2.75) is 45.7 Å². The first-order valence-corrected chi connectivity index (χ1v) is 7.13. The minimum Gasteiger partial charge on any atom is -0.311 e. The molecule has 2 atom stereocenters. The zero-order valence-corrected chi connectivity index (χ0v) is 12.4. The summed E-state index contributed by atoms with van der Waals surface area (Å²) in [5, 5.41) is 3.60. The van der Waals surface area contributed by atoms with Crippen LogP contribution < -0.4 is 5.32 Å². The van der Waals surface area contributed by atoms with E-state index in [1.54, 1.807) is 0 Å². The first kappa shape index (κ1) is 14.9. The molecule has 0 aromatic rings. The van der Waals surface area contributed by atoms with Crippen LogP contribution in [0.2, 0.25) is 0 Å². The van der Waals surface area contributed by atoms with E-state index in [-0.39, 0.29) is 0 Å². The molecule has 2 unspecified atom stereocenters. The minimum atomic E-state index is 0.652. The Balaban J connectivity index is 2.31. The van der Waals surface area contributed by atoms with Crippen LogP contribution >= 0.6 is 0 Å². The van der Waals surface area contributed by atoms with Crippen molar-refractivity contribution in [1.82, 2.24) is 15.1 Å². The number of piperazine rings is 1. The van der Waals surface area contributed by atoms with Crippen molar-refractivity contribution in [3.05, 3.63) is 0 Å². The predicted octanol–water partition coefficient (Wildman–Crippen LogP) is 1.65. The van der Waals surface area contributed by atoms with Crippen molar-refractivity contribution in [3.8, 4) is 0 Å². The third kappa shape index (κ3) is 5.36. The monoisotopic (exact) mass is 241 g/mol. The lowest BCUT2D eigenvalue weighted by atomic mass is 9.98. The first-order chi connectivity index (χ1) is 8.00. The van der Waals surface area contributed by atoms with Gasteiger partial charge in [-0.15, -0.1) is 0 Å². The summed E-state index contributed by atoms with van der Waals surface area (Å²) in [6.07, 6.45) is 2.64. The fourth-order valence-corrected chi connectivity index (χ4v) is 2.66. The zero-order chi connectivity index (χ0) is 12.8. The molecule has 0 radical (unpaired) electrons. The van der Waals surface area contributed by atoms with E-state index >= 15 is 0 Å². The molecule has 0 aromatic heterocycles. The molecule has 1 aliphatic heterocycles. The Kier molecular flexibility index (Phi) is 6.45. The van der Waals surface area contributed by atoms with E-state index in [0.717, 1.165) is 18.5 Å². The summed E-state index contributed by atoms with van der Waals surface area (Å²) in [4.78, 5) is 4.97. The fourth-order valence-electron chi connectivity index (χ4n) is 2.66. The number of hydrogen-bond donors (Lipinski definition) is 1. The quantitative estimate of drug-likeness (QED) is 0.713. The van der Waals surface area contributed by atoms with Crippen molar-refractivity contribution in [3.63, 3.8) is 0 Å². The second-order valence-electron chi connectivity index (χ2n) is 6.13. The Morgan fingerprint density at radius 1 is 1.29 bits per heavy atom. The van der Waals surface area contributed by atoms with Crippen LogP contribution in [0.3, 0.4) is 0 Å². The molecule has 1 heterocycles. The topological polar surface area (TPSA) is 18.5 Å². The Morgan fingerprint density at radius 2 is 2.00 bits per heavy atom. The van der Waals surface area contributed by atoms with Gasteiger partial charge >= 0.3 is 0 Å². The van der Waals surface area contributed by atoms with Crippen molar-refractivity contribution < 1.29 is 0 Å². The van der Waals surface area contributed by atoms with Gasteiger partial charge in [-0.25, -0.2) is 0 Å². The SMILES string of the molecule is CC1CN(CCCCN(C)C)C(C(C)C)CN1. The highest BCUT2D eigenvalue weighted by atomic mass is 15.2. The maximum atomic E-state index is 3.60. The molecule has 0 amide bonds. The van der Waals surface area contributed by atoms with E-state index in [1.165, 1.54) is 32.5 Å². The molecule has 17 heavy (non-hydrogen) atoms. The lowest BCUT2D eigenvalue weighted by Gasteiger charge is -2.41. The Morgan fingerprint density at radius 3 is 2.59 bits per heavy atom. The van der Waals surface area contributed by atoms with E-state index in [2.05, 4.69) is 50.0 Å². The van der Waals surface area contributed by atoms with E-state index in [0.29, 0.717) is 6.04 Å². The largest absolute Gasteiger partial charge is 0.311 e. The third-order valence-electron chi connectivity index (χ3n) is 3.72. The van der Waals surface area contributed by atoms with E-state index in [1.807, 2.05) is 0 Å². The summed E-state index contributed by atoms with van der Waals surface area (Å²) >= 11 is 0. The highest BCUT2D eigenvalue weighted by Crippen LogP contribution is 2.15. The molecule has 1 aliphatic rings. The normalized spacial score (nSPS) is 27.0. The fraction of sp³-hybridized carbons (Fsp3) is 1.00. The van der Waals surface area contributed by atoms with Gasteiger partial charge in [0.25, 0.3) is 0 Å². The second kappa shape index (κ2) is 7.34. The lowest BCUT2D eigenvalue weighted by molar-refractivity contribution is 0.100. The molecule has 1 saturated heterocycles. The van der Waals surface area contributed by atoms with Crippen LogP contribution in [-0.2, 0) is 0 Å². The molecule has 0 aromatic carbocycles. The highest BCUT2D eigenvalue weighted by molar-refractivity contribution is 4.85. The van der Waals surface area contributed by atoms with Gasteiger partial charge in [0.05, 0.1) is 0 Å². The standard InChI is InChI=1S/C14H31N3/c1-12(2)14-10-15-13(3)11-17(14)9-7-6-8-16(4)5/h12-15H,6-11H2,1-5H3. The molecule has 1 fully saturated rings. The molecule has 0 saturated carbocycles. The summed E-state index contributed by atoms with van der Waals surface area (Å²) in [5.41, 5.74) is 0. The van der Waals surface area contributed by atoms with Gasteiger partial charge in [-0.05, 0) is 52.9 Å². The van der Waals surface area contributed by atoms with E-state index in [9.17, 15) is 0 Å². The summed E-state index contributed by atoms with van der Waals surface area (Å²) in [6.45, 7) is 11.8. The average molecular weight is 241 g/mol. The molecular formula is C14H31N3. The van der Waals surface area contributed by atoms with Crippen LogP contribution in [0.4, 0.5) is 0 Å². The predicted molar refractivity (Wildman–Crippen MR) is 75.5 cm³/mol. The summed E-state index contributed by atoms with van der Waals surface area (Å²) in [5.74, 6) is 0.754. The molecule has 102 valence electrons. The van der Waals surface area contributed by atoms with Crippen LogP contribution in [0.15, 0.2) is 0 Å².